The Labute approximate surface area is 91.6 Å². The van der Waals surface area contributed by atoms with Crippen molar-refractivity contribution in [3.05, 3.63) is 28.8 Å². The number of nitrogens with zero attached hydrogens (tertiary/aromatic N) is 3. The summed E-state index contributed by atoms with van der Waals surface area (Å²) in [6, 6.07) is 5.89. The Morgan fingerprint density at radius 2 is 2.27 bits per heavy atom. The number of hydrogen-bond donors (Lipinski definition) is 1. The summed E-state index contributed by atoms with van der Waals surface area (Å²) in [5, 5.41) is 11.3. The predicted octanol–water partition coefficient (Wildman–Crippen LogP) is 1.35. The average molecular weight is 226 g/mol. The lowest BCUT2D eigenvalue weighted by Crippen LogP contribution is -2.36. The van der Waals surface area contributed by atoms with Crippen LogP contribution in [0.4, 0.5) is 6.01 Å². The highest BCUT2D eigenvalue weighted by Gasteiger charge is 2.20. The van der Waals surface area contributed by atoms with E-state index in [0.29, 0.717) is 11.0 Å². The van der Waals surface area contributed by atoms with Gasteiger partial charge < -0.3 is 5.32 Å². The van der Waals surface area contributed by atoms with Gasteiger partial charge in [-0.25, -0.2) is 0 Å². The number of aromatic nitrogens is 3. The largest absolute Gasteiger partial charge is 0.389 e. The maximum atomic E-state index is 5.99. The lowest BCUT2D eigenvalue weighted by atomic mass is 10.2. The molecule has 0 bridgehead atoms. The Morgan fingerprint density at radius 1 is 1.47 bits per heavy atom. The van der Waals surface area contributed by atoms with Gasteiger partial charge in [-0.1, -0.05) is 17.7 Å². The number of rotatable bonds is 2. The number of anilines is 1. The third-order valence-electron chi connectivity index (χ3n) is 2.06. The van der Waals surface area contributed by atoms with Crippen LogP contribution in [0.5, 0.6) is 0 Å². The van der Waals surface area contributed by atoms with Crippen molar-refractivity contribution in [2.75, 3.05) is 12.4 Å². The van der Waals surface area contributed by atoms with Gasteiger partial charge in [0.15, 0.2) is 0 Å². The van der Waals surface area contributed by atoms with E-state index in [4.69, 9.17) is 16.1 Å². The van der Waals surface area contributed by atoms with Crippen molar-refractivity contribution in [3.8, 4) is 5.69 Å². The molecule has 2 aromatic rings. The molecular weight excluding hydrogens is 216 g/mol. The summed E-state index contributed by atoms with van der Waals surface area (Å²) < 4.78 is 4.91. The monoisotopic (exact) mass is 225 g/mol. The minimum Gasteiger partial charge on any atom is -0.336 e. The summed E-state index contributed by atoms with van der Waals surface area (Å²) in [5.74, 6) is 0. The lowest BCUT2D eigenvalue weighted by Gasteiger charge is -1.94. The summed E-state index contributed by atoms with van der Waals surface area (Å²) in [6.45, 7) is 1.90. The maximum Gasteiger partial charge on any atom is 0.389 e. The van der Waals surface area contributed by atoms with Crippen LogP contribution in [0, 0.1) is 6.92 Å². The molecular formula is C9H10ClN4O+. The Bertz CT molecular complexity index is 483. The van der Waals surface area contributed by atoms with Gasteiger partial charge in [0.05, 0.1) is 10.1 Å². The highest BCUT2D eigenvalue weighted by Crippen LogP contribution is 2.18. The molecule has 0 fully saturated rings. The molecule has 5 nitrogen and oxygen atoms in total. The molecule has 0 unspecified atom stereocenters. The van der Waals surface area contributed by atoms with Crippen LogP contribution in [-0.2, 0) is 0 Å². The average Bonchev–Trinajstić information content (AvgIpc) is 2.70. The molecule has 0 spiro atoms. The van der Waals surface area contributed by atoms with Gasteiger partial charge in [-0.2, -0.15) is 0 Å². The second-order valence-electron chi connectivity index (χ2n) is 3.00. The van der Waals surface area contributed by atoms with Crippen LogP contribution in [0.1, 0.15) is 5.56 Å². The van der Waals surface area contributed by atoms with E-state index in [0.717, 1.165) is 11.3 Å². The van der Waals surface area contributed by atoms with Gasteiger partial charge in [-0.05, 0) is 13.0 Å². The fourth-order valence-electron chi connectivity index (χ4n) is 1.21. The van der Waals surface area contributed by atoms with E-state index in [9.17, 15) is 0 Å². The minimum absolute atomic E-state index is 0.356. The van der Waals surface area contributed by atoms with E-state index in [-0.39, 0.29) is 0 Å². The smallest absolute Gasteiger partial charge is 0.336 e. The quantitative estimate of drug-likeness (QED) is 0.784. The van der Waals surface area contributed by atoms with Crippen LogP contribution in [0.2, 0.25) is 5.02 Å². The van der Waals surface area contributed by atoms with E-state index in [1.165, 1.54) is 4.80 Å². The normalized spacial score (nSPS) is 10.3. The van der Waals surface area contributed by atoms with Crippen molar-refractivity contribution >= 4 is 17.6 Å². The standard InChI is InChI=1S/C9H10ClN4O/c1-6-7(10)4-3-5-8(6)14-12-9(11-2)15-13-14/h3-5H,1-2H3,(H,11,12,13)/q+1. The second-order valence-corrected chi connectivity index (χ2v) is 3.41. The summed E-state index contributed by atoms with van der Waals surface area (Å²) in [7, 11) is 1.71. The third kappa shape index (κ3) is 1.78. The number of benzene rings is 1. The molecule has 0 aliphatic rings. The topological polar surface area (TPSA) is 54.8 Å². The van der Waals surface area contributed by atoms with E-state index in [2.05, 4.69) is 15.7 Å². The van der Waals surface area contributed by atoms with Gasteiger partial charge in [-0.15, -0.1) is 0 Å². The highest BCUT2D eigenvalue weighted by atomic mass is 35.5. The Morgan fingerprint density at radius 3 is 2.93 bits per heavy atom. The Kier molecular flexibility index (Phi) is 2.55. The first-order valence-corrected chi connectivity index (χ1v) is 4.79. The molecule has 15 heavy (non-hydrogen) atoms. The van der Waals surface area contributed by atoms with Crippen molar-refractivity contribution in [2.24, 2.45) is 0 Å². The van der Waals surface area contributed by atoms with Crippen LogP contribution in [0.3, 0.4) is 0 Å². The van der Waals surface area contributed by atoms with Crippen LogP contribution < -0.4 is 10.1 Å². The van der Waals surface area contributed by atoms with Crippen molar-refractivity contribution in [3.63, 3.8) is 0 Å². The molecule has 78 valence electrons. The zero-order chi connectivity index (χ0) is 10.8. The van der Waals surface area contributed by atoms with Gasteiger partial charge in [0.25, 0.3) is 5.69 Å². The number of nitrogens with one attached hydrogen (secondary N) is 1. The van der Waals surface area contributed by atoms with E-state index in [1.807, 2.05) is 25.1 Å². The number of hydrogen-bond acceptors (Lipinski definition) is 4. The van der Waals surface area contributed by atoms with Crippen LogP contribution >= 0.6 is 11.6 Å². The minimum atomic E-state index is 0.356. The summed E-state index contributed by atoms with van der Waals surface area (Å²) in [6.07, 6.45) is 0. The first-order valence-electron chi connectivity index (χ1n) is 4.42. The van der Waals surface area contributed by atoms with Crippen molar-refractivity contribution in [2.45, 2.75) is 6.92 Å². The van der Waals surface area contributed by atoms with Gasteiger partial charge in [0.1, 0.15) is 4.80 Å². The maximum absolute atomic E-state index is 5.99. The molecule has 0 amide bonds. The Hall–Kier alpha value is -1.62. The summed E-state index contributed by atoms with van der Waals surface area (Å²) >= 11 is 5.99. The molecule has 1 heterocycles. The third-order valence-corrected chi connectivity index (χ3v) is 2.47. The summed E-state index contributed by atoms with van der Waals surface area (Å²) in [5.41, 5.74) is 1.71. The molecule has 0 aliphatic heterocycles. The molecule has 0 radical (unpaired) electrons. The molecule has 0 aliphatic carbocycles. The van der Waals surface area contributed by atoms with E-state index >= 15 is 0 Å². The molecule has 0 saturated heterocycles. The van der Waals surface area contributed by atoms with Crippen LogP contribution in [0.15, 0.2) is 22.7 Å². The zero-order valence-corrected chi connectivity index (χ0v) is 9.12. The van der Waals surface area contributed by atoms with Gasteiger partial charge in [-0.3, -0.25) is 4.52 Å². The van der Waals surface area contributed by atoms with E-state index in [1.54, 1.807) is 7.05 Å². The predicted molar refractivity (Wildman–Crippen MR) is 55.1 cm³/mol. The molecule has 0 saturated carbocycles. The molecule has 6 heteroatoms. The first kappa shape index (κ1) is 9.92. The summed E-state index contributed by atoms with van der Waals surface area (Å²) in [4.78, 5) is 1.40. The Balaban J connectivity index is 2.49. The van der Waals surface area contributed by atoms with Crippen molar-refractivity contribution < 1.29 is 9.32 Å². The zero-order valence-electron chi connectivity index (χ0n) is 8.36. The fraction of sp³-hybridized carbons (Fsp3) is 0.222. The van der Waals surface area contributed by atoms with Crippen molar-refractivity contribution in [1.29, 1.82) is 0 Å². The first-order chi connectivity index (χ1) is 7.22. The second kappa shape index (κ2) is 3.86. The van der Waals surface area contributed by atoms with Gasteiger partial charge >= 0.3 is 6.01 Å². The van der Waals surface area contributed by atoms with Crippen molar-refractivity contribution in [1.82, 2.24) is 10.4 Å². The molecule has 1 aromatic heterocycles. The van der Waals surface area contributed by atoms with Crippen LogP contribution in [0.25, 0.3) is 5.69 Å². The molecule has 0 atom stereocenters. The lowest BCUT2D eigenvalue weighted by molar-refractivity contribution is -0.725. The SMILES string of the molecule is CNc1n[n+](-c2cccc(Cl)c2C)no1. The molecule has 1 aromatic carbocycles. The number of halogens is 1. The molecule has 1 N–H and O–H groups in total. The van der Waals surface area contributed by atoms with Crippen LogP contribution in [-0.4, -0.2) is 17.4 Å². The van der Waals surface area contributed by atoms with Gasteiger partial charge in [0, 0.05) is 18.7 Å². The molecule has 2 rings (SSSR count). The highest BCUT2D eigenvalue weighted by molar-refractivity contribution is 6.31. The van der Waals surface area contributed by atoms with E-state index < -0.39 is 0 Å². The fourth-order valence-corrected chi connectivity index (χ4v) is 1.38. The van der Waals surface area contributed by atoms with Gasteiger partial charge in [0.2, 0.25) is 5.27 Å².